The maximum Gasteiger partial charge on any atom is 0.308 e. The molecule has 23 heavy (non-hydrogen) atoms. The van der Waals surface area contributed by atoms with Crippen LogP contribution in [0.5, 0.6) is 0 Å². The molecule has 0 spiro atoms. The minimum Gasteiger partial charge on any atom is -0.466 e. The van der Waals surface area contributed by atoms with Crippen molar-refractivity contribution in [1.29, 1.82) is 0 Å². The van der Waals surface area contributed by atoms with Crippen LogP contribution in [0.2, 0.25) is 0 Å². The first kappa shape index (κ1) is 21.3. The van der Waals surface area contributed by atoms with Crippen molar-refractivity contribution in [2.45, 2.75) is 39.3 Å². The monoisotopic (exact) mass is 346 g/mol. The first-order chi connectivity index (χ1) is 10.3. The molecule has 1 aromatic carbocycles. The topological polar surface area (TPSA) is 81.4 Å². The number of amides is 1. The third kappa shape index (κ3) is 6.97. The minimum atomic E-state index is -0.576. The summed E-state index contributed by atoms with van der Waals surface area (Å²) >= 11 is 0. The van der Waals surface area contributed by atoms with Crippen LogP contribution >= 0.6 is 12.4 Å². The zero-order valence-electron chi connectivity index (χ0n) is 13.5. The Morgan fingerprint density at radius 3 is 2.30 bits per heavy atom. The SMILES string of the molecule is CCOC(=O)CC(NC(=O)C(C)C(C)N)c1ccc(F)cc1.Cl. The van der Waals surface area contributed by atoms with E-state index in [0.29, 0.717) is 5.56 Å². The lowest BCUT2D eigenvalue weighted by molar-refractivity contribution is -0.143. The van der Waals surface area contributed by atoms with Crippen LogP contribution in [-0.2, 0) is 14.3 Å². The molecule has 1 amide bonds. The van der Waals surface area contributed by atoms with Crippen molar-refractivity contribution < 1.29 is 18.7 Å². The lowest BCUT2D eigenvalue weighted by Gasteiger charge is -2.22. The summed E-state index contributed by atoms with van der Waals surface area (Å²) in [5.74, 6) is -1.46. The fourth-order valence-electron chi connectivity index (χ4n) is 1.88. The molecule has 0 aliphatic heterocycles. The average Bonchev–Trinajstić information content (AvgIpc) is 2.46. The third-order valence-electron chi connectivity index (χ3n) is 3.47. The summed E-state index contributed by atoms with van der Waals surface area (Å²) in [6.07, 6.45) is -0.0170. The molecule has 0 radical (unpaired) electrons. The summed E-state index contributed by atoms with van der Waals surface area (Å²) in [6, 6.07) is 4.76. The molecular weight excluding hydrogens is 323 g/mol. The molecular formula is C16H24ClFN2O3. The van der Waals surface area contributed by atoms with Crippen molar-refractivity contribution in [3.63, 3.8) is 0 Å². The van der Waals surface area contributed by atoms with Gasteiger partial charge in [-0.3, -0.25) is 9.59 Å². The highest BCUT2D eigenvalue weighted by atomic mass is 35.5. The van der Waals surface area contributed by atoms with Crippen LogP contribution in [0.25, 0.3) is 0 Å². The van der Waals surface area contributed by atoms with E-state index in [0.717, 1.165) is 0 Å². The zero-order valence-corrected chi connectivity index (χ0v) is 14.4. The molecule has 0 fully saturated rings. The van der Waals surface area contributed by atoms with Gasteiger partial charge in [0.15, 0.2) is 0 Å². The highest BCUT2D eigenvalue weighted by molar-refractivity contribution is 5.85. The van der Waals surface area contributed by atoms with Gasteiger partial charge in [0.05, 0.1) is 19.1 Å². The standard InChI is InChI=1S/C16H23FN2O3.ClH/c1-4-22-15(20)9-14(12-5-7-13(17)8-6-12)19-16(21)10(2)11(3)18;/h5-8,10-11,14H,4,9,18H2,1-3H3,(H,19,21);1H. The molecule has 3 unspecified atom stereocenters. The van der Waals surface area contributed by atoms with Gasteiger partial charge in [-0.1, -0.05) is 19.1 Å². The van der Waals surface area contributed by atoms with Crippen LogP contribution in [0.15, 0.2) is 24.3 Å². The molecule has 130 valence electrons. The maximum atomic E-state index is 13.0. The number of rotatable bonds is 7. The number of nitrogens with one attached hydrogen (secondary N) is 1. The lowest BCUT2D eigenvalue weighted by Crippen LogP contribution is -2.40. The molecule has 0 aliphatic rings. The zero-order chi connectivity index (χ0) is 16.7. The van der Waals surface area contributed by atoms with Crippen molar-refractivity contribution >= 4 is 24.3 Å². The second kappa shape index (κ2) is 10.2. The van der Waals surface area contributed by atoms with Crippen molar-refractivity contribution in [2.24, 2.45) is 11.7 Å². The Labute approximate surface area is 142 Å². The number of hydrogen-bond acceptors (Lipinski definition) is 4. The number of benzene rings is 1. The third-order valence-corrected chi connectivity index (χ3v) is 3.47. The van der Waals surface area contributed by atoms with E-state index in [1.54, 1.807) is 20.8 Å². The van der Waals surface area contributed by atoms with Gasteiger partial charge in [-0.05, 0) is 31.5 Å². The Bertz CT molecular complexity index is 509. The van der Waals surface area contributed by atoms with Crippen LogP contribution in [0, 0.1) is 11.7 Å². The molecule has 0 aliphatic carbocycles. The number of carbonyl (C=O) groups is 2. The van der Waals surface area contributed by atoms with E-state index < -0.39 is 17.9 Å². The number of hydrogen-bond donors (Lipinski definition) is 2. The number of halogens is 2. The first-order valence-corrected chi connectivity index (χ1v) is 7.32. The van der Waals surface area contributed by atoms with Gasteiger partial charge in [-0.25, -0.2) is 4.39 Å². The molecule has 0 bridgehead atoms. The van der Waals surface area contributed by atoms with Crippen LogP contribution in [0.3, 0.4) is 0 Å². The van der Waals surface area contributed by atoms with Gasteiger partial charge < -0.3 is 15.8 Å². The predicted molar refractivity (Wildman–Crippen MR) is 88.6 cm³/mol. The fourth-order valence-corrected chi connectivity index (χ4v) is 1.88. The quantitative estimate of drug-likeness (QED) is 0.742. The van der Waals surface area contributed by atoms with E-state index in [2.05, 4.69) is 5.32 Å². The van der Waals surface area contributed by atoms with Gasteiger partial charge in [0, 0.05) is 12.0 Å². The van der Waals surface area contributed by atoms with Crippen molar-refractivity contribution in [1.82, 2.24) is 5.32 Å². The van der Waals surface area contributed by atoms with E-state index in [1.807, 2.05) is 0 Å². The van der Waals surface area contributed by atoms with E-state index in [9.17, 15) is 14.0 Å². The summed E-state index contributed by atoms with van der Waals surface area (Å²) in [4.78, 5) is 23.9. The van der Waals surface area contributed by atoms with Crippen LogP contribution in [0.4, 0.5) is 4.39 Å². The summed E-state index contributed by atoms with van der Waals surface area (Å²) in [5, 5.41) is 2.78. The average molecular weight is 347 g/mol. The lowest BCUT2D eigenvalue weighted by atomic mass is 10.00. The maximum absolute atomic E-state index is 13.0. The summed E-state index contributed by atoms with van der Waals surface area (Å²) in [5.41, 5.74) is 6.36. The Hall–Kier alpha value is -1.66. The Kier molecular flexibility index (Phi) is 9.44. The molecule has 0 aromatic heterocycles. The second-order valence-corrected chi connectivity index (χ2v) is 5.27. The fraction of sp³-hybridized carbons (Fsp3) is 0.500. The van der Waals surface area contributed by atoms with Crippen molar-refractivity contribution in [3.05, 3.63) is 35.6 Å². The molecule has 3 atom stereocenters. The molecule has 0 saturated heterocycles. The Morgan fingerprint density at radius 2 is 1.83 bits per heavy atom. The number of carbonyl (C=O) groups excluding carboxylic acids is 2. The number of esters is 1. The molecule has 3 N–H and O–H groups in total. The van der Waals surface area contributed by atoms with Gasteiger partial charge in [0.1, 0.15) is 5.82 Å². The smallest absolute Gasteiger partial charge is 0.308 e. The molecule has 1 aromatic rings. The Balaban J connectivity index is 0.00000484. The van der Waals surface area contributed by atoms with Crippen molar-refractivity contribution in [2.75, 3.05) is 6.61 Å². The second-order valence-electron chi connectivity index (χ2n) is 5.27. The van der Waals surface area contributed by atoms with E-state index >= 15 is 0 Å². The molecule has 7 heteroatoms. The van der Waals surface area contributed by atoms with Crippen molar-refractivity contribution in [3.8, 4) is 0 Å². The van der Waals surface area contributed by atoms with Gasteiger partial charge in [-0.15, -0.1) is 12.4 Å². The van der Waals surface area contributed by atoms with E-state index in [1.165, 1.54) is 24.3 Å². The Morgan fingerprint density at radius 1 is 1.26 bits per heavy atom. The van der Waals surface area contributed by atoms with Gasteiger partial charge >= 0.3 is 5.97 Å². The molecule has 5 nitrogen and oxygen atoms in total. The van der Waals surface area contributed by atoms with E-state index in [-0.39, 0.29) is 43.2 Å². The largest absolute Gasteiger partial charge is 0.466 e. The molecule has 1 rings (SSSR count). The summed E-state index contributed by atoms with van der Waals surface area (Å²) in [7, 11) is 0. The highest BCUT2D eigenvalue weighted by Gasteiger charge is 2.23. The van der Waals surface area contributed by atoms with Crippen LogP contribution in [0.1, 0.15) is 38.8 Å². The van der Waals surface area contributed by atoms with Gasteiger partial charge in [-0.2, -0.15) is 0 Å². The van der Waals surface area contributed by atoms with E-state index in [4.69, 9.17) is 10.5 Å². The minimum absolute atomic E-state index is 0. The molecule has 0 heterocycles. The molecule has 0 saturated carbocycles. The van der Waals surface area contributed by atoms with Gasteiger partial charge in [0.25, 0.3) is 0 Å². The van der Waals surface area contributed by atoms with Crippen LogP contribution < -0.4 is 11.1 Å². The summed E-state index contributed by atoms with van der Waals surface area (Å²) < 4.78 is 18.0. The first-order valence-electron chi connectivity index (χ1n) is 7.32. The number of ether oxygens (including phenoxy) is 1. The van der Waals surface area contributed by atoms with Crippen LogP contribution in [-0.4, -0.2) is 24.5 Å². The highest BCUT2D eigenvalue weighted by Crippen LogP contribution is 2.19. The normalized spacial score (nSPS) is 14.1. The number of nitrogens with two attached hydrogens (primary N) is 1. The predicted octanol–water partition coefficient (Wildman–Crippen LogP) is 2.34. The van der Waals surface area contributed by atoms with Gasteiger partial charge in [0.2, 0.25) is 5.91 Å². The summed E-state index contributed by atoms with van der Waals surface area (Å²) in [6.45, 7) is 5.43.